The molecule has 1 fully saturated rings. The fourth-order valence-electron chi connectivity index (χ4n) is 1.50. The summed E-state index contributed by atoms with van der Waals surface area (Å²) >= 11 is 0. The monoisotopic (exact) mass is 156 g/mol. The van der Waals surface area contributed by atoms with Crippen molar-refractivity contribution in [2.75, 3.05) is 34.2 Å². The molecule has 0 aliphatic carbocycles. The van der Waals surface area contributed by atoms with E-state index in [-0.39, 0.29) is 11.8 Å². The van der Waals surface area contributed by atoms with Crippen LogP contribution in [0.1, 0.15) is 6.42 Å². The van der Waals surface area contributed by atoms with Gasteiger partial charge in [0.1, 0.15) is 0 Å². The van der Waals surface area contributed by atoms with E-state index in [1.54, 1.807) is 4.90 Å². The molecule has 0 spiro atoms. The van der Waals surface area contributed by atoms with E-state index >= 15 is 0 Å². The van der Waals surface area contributed by atoms with Crippen LogP contribution in [0.2, 0.25) is 0 Å². The van der Waals surface area contributed by atoms with E-state index in [1.165, 1.54) is 0 Å². The van der Waals surface area contributed by atoms with Crippen LogP contribution in [0.4, 0.5) is 0 Å². The predicted molar refractivity (Wildman–Crippen MR) is 44.3 cm³/mol. The number of carbonyl (C=O) groups excluding carboxylic acids is 1. The van der Waals surface area contributed by atoms with E-state index in [2.05, 4.69) is 11.9 Å². The van der Waals surface area contributed by atoms with Crippen LogP contribution in [-0.4, -0.2) is 49.9 Å². The van der Waals surface area contributed by atoms with Crippen LogP contribution in [0.25, 0.3) is 0 Å². The Morgan fingerprint density at radius 1 is 1.55 bits per heavy atom. The first-order valence-corrected chi connectivity index (χ1v) is 4.01. The van der Waals surface area contributed by atoms with E-state index in [0.29, 0.717) is 0 Å². The van der Waals surface area contributed by atoms with Gasteiger partial charge in [0.25, 0.3) is 0 Å². The zero-order chi connectivity index (χ0) is 8.43. The number of hydrogen-bond acceptors (Lipinski definition) is 2. The lowest BCUT2D eigenvalue weighted by Gasteiger charge is -2.15. The molecule has 0 aromatic rings. The highest BCUT2D eigenvalue weighted by Gasteiger charge is 2.26. The van der Waals surface area contributed by atoms with Gasteiger partial charge < -0.3 is 9.80 Å². The van der Waals surface area contributed by atoms with Crippen LogP contribution >= 0.6 is 0 Å². The molecule has 0 aromatic heterocycles. The molecule has 0 saturated carbocycles. The summed E-state index contributed by atoms with van der Waals surface area (Å²) in [5, 5.41) is 0. The molecule has 1 atom stereocenters. The quantitative estimate of drug-likeness (QED) is 0.534. The largest absolute Gasteiger partial charge is 0.349 e. The predicted octanol–water partition coefficient (Wildman–Crippen LogP) is 0.0263. The Kier molecular flexibility index (Phi) is 2.49. The van der Waals surface area contributed by atoms with E-state index in [1.807, 2.05) is 14.1 Å². The molecule has 0 bridgehead atoms. The summed E-state index contributed by atoms with van der Waals surface area (Å²) in [5.74, 6) is 0.518. The minimum absolute atomic E-state index is 0.245. The van der Waals surface area contributed by atoms with Crippen LogP contribution in [0.5, 0.6) is 0 Å². The fraction of sp³-hybridized carbons (Fsp3) is 0.875. The normalized spacial score (nSPS) is 25.5. The second-order valence-electron chi connectivity index (χ2n) is 3.48. The fourth-order valence-corrected chi connectivity index (χ4v) is 1.50. The highest BCUT2D eigenvalue weighted by atomic mass is 16.2. The average Bonchev–Trinajstić information content (AvgIpc) is 2.34. The zero-order valence-corrected chi connectivity index (χ0v) is 7.50. The van der Waals surface area contributed by atoms with E-state index in [0.717, 1.165) is 19.5 Å². The smallest absolute Gasteiger partial charge is 0.226 e. The van der Waals surface area contributed by atoms with Crippen LogP contribution < -0.4 is 0 Å². The maximum atomic E-state index is 11.4. The molecule has 0 unspecified atom stereocenters. The molecular formula is C8H16N2O. The highest BCUT2D eigenvalue weighted by Crippen LogP contribution is 2.15. The third-order valence-electron chi connectivity index (χ3n) is 2.18. The summed E-state index contributed by atoms with van der Waals surface area (Å²) in [7, 11) is 5.70. The van der Waals surface area contributed by atoms with Gasteiger partial charge in [0.15, 0.2) is 0 Å². The number of carbonyl (C=O) groups is 1. The van der Waals surface area contributed by atoms with Gasteiger partial charge in [0.05, 0.1) is 5.92 Å². The summed E-state index contributed by atoms with van der Waals surface area (Å²) < 4.78 is 0. The van der Waals surface area contributed by atoms with Crippen molar-refractivity contribution in [2.24, 2.45) is 5.92 Å². The number of amides is 1. The molecule has 1 heterocycles. The van der Waals surface area contributed by atoms with Gasteiger partial charge in [-0.1, -0.05) is 0 Å². The third-order valence-corrected chi connectivity index (χ3v) is 2.18. The summed E-state index contributed by atoms with van der Waals surface area (Å²) in [6.07, 6.45) is 1.02. The Bertz CT molecular complexity index is 156. The summed E-state index contributed by atoms with van der Waals surface area (Å²) in [4.78, 5) is 15.3. The number of rotatable bonds is 1. The molecule has 1 amide bonds. The molecular weight excluding hydrogens is 140 g/mol. The topological polar surface area (TPSA) is 23.6 Å². The first-order chi connectivity index (χ1) is 5.11. The maximum absolute atomic E-state index is 11.4. The van der Waals surface area contributed by atoms with Crippen LogP contribution in [-0.2, 0) is 4.79 Å². The number of nitrogens with zero attached hydrogens (tertiary/aromatic N) is 2. The van der Waals surface area contributed by atoms with Gasteiger partial charge in [0, 0.05) is 20.6 Å². The molecule has 1 saturated heterocycles. The van der Waals surface area contributed by atoms with Crippen LogP contribution in [0.15, 0.2) is 0 Å². The SMILES string of the molecule is CN1CC[C@H](C(=O)N(C)C)C1. The highest BCUT2D eigenvalue weighted by molar-refractivity contribution is 5.78. The summed E-state index contributed by atoms with van der Waals surface area (Å²) in [5.41, 5.74) is 0. The van der Waals surface area contributed by atoms with Crippen molar-refractivity contribution in [1.82, 2.24) is 9.80 Å². The molecule has 0 N–H and O–H groups in total. The van der Waals surface area contributed by atoms with Crippen molar-refractivity contribution < 1.29 is 4.79 Å². The molecule has 0 aromatic carbocycles. The Morgan fingerprint density at radius 2 is 2.18 bits per heavy atom. The molecule has 0 radical (unpaired) electrons. The van der Waals surface area contributed by atoms with E-state index in [9.17, 15) is 4.79 Å². The maximum Gasteiger partial charge on any atom is 0.226 e. The van der Waals surface area contributed by atoms with Crippen molar-refractivity contribution in [3.63, 3.8) is 0 Å². The third kappa shape index (κ3) is 1.93. The van der Waals surface area contributed by atoms with Gasteiger partial charge in [-0.2, -0.15) is 0 Å². The van der Waals surface area contributed by atoms with Crippen molar-refractivity contribution >= 4 is 5.91 Å². The molecule has 1 aliphatic heterocycles. The molecule has 3 nitrogen and oxygen atoms in total. The van der Waals surface area contributed by atoms with Crippen molar-refractivity contribution in [3.05, 3.63) is 0 Å². The van der Waals surface area contributed by atoms with Gasteiger partial charge in [0.2, 0.25) is 5.91 Å². The summed E-state index contributed by atoms with van der Waals surface area (Å²) in [6.45, 7) is 1.99. The van der Waals surface area contributed by atoms with Crippen molar-refractivity contribution in [1.29, 1.82) is 0 Å². The second-order valence-corrected chi connectivity index (χ2v) is 3.48. The van der Waals surface area contributed by atoms with Crippen molar-refractivity contribution in [2.45, 2.75) is 6.42 Å². The van der Waals surface area contributed by atoms with E-state index in [4.69, 9.17) is 0 Å². The Morgan fingerprint density at radius 3 is 2.55 bits per heavy atom. The molecule has 1 aliphatic rings. The standard InChI is InChI=1S/C8H16N2O/c1-9(2)8(11)7-4-5-10(3)6-7/h7H,4-6H2,1-3H3/t7-/m0/s1. The van der Waals surface area contributed by atoms with Gasteiger partial charge in [-0.15, -0.1) is 0 Å². The molecule has 11 heavy (non-hydrogen) atoms. The number of hydrogen-bond donors (Lipinski definition) is 0. The minimum atomic E-state index is 0.245. The Hall–Kier alpha value is -0.570. The first-order valence-electron chi connectivity index (χ1n) is 4.01. The van der Waals surface area contributed by atoms with Gasteiger partial charge in [-0.05, 0) is 20.0 Å². The molecule has 3 heteroatoms. The van der Waals surface area contributed by atoms with Crippen molar-refractivity contribution in [3.8, 4) is 0 Å². The molecule has 1 rings (SSSR count). The second kappa shape index (κ2) is 3.22. The van der Waals surface area contributed by atoms with Gasteiger partial charge in [-0.3, -0.25) is 4.79 Å². The Labute approximate surface area is 68.0 Å². The molecule has 64 valence electrons. The van der Waals surface area contributed by atoms with Crippen LogP contribution in [0, 0.1) is 5.92 Å². The lowest BCUT2D eigenvalue weighted by atomic mass is 10.1. The van der Waals surface area contributed by atoms with Gasteiger partial charge in [-0.25, -0.2) is 0 Å². The Balaban J connectivity index is 2.43. The number of likely N-dealkylation sites (tertiary alicyclic amines) is 1. The zero-order valence-electron chi connectivity index (χ0n) is 7.50. The average molecular weight is 156 g/mol. The van der Waals surface area contributed by atoms with Crippen LogP contribution in [0.3, 0.4) is 0 Å². The minimum Gasteiger partial charge on any atom is -0.349 e. The van der Waals surface area contributed by atoms with E-state index < -0.39 is 0 Å². The first kappa shape index (κ1) is 8.53. The lowest BCUT2D eigenvalue weighted by Crippen LogP contribution is -2.31. The lowest BCUT2D eigenvalue weighted by molar-refractivity contribution is -0.132. The summed E-state index contributed by atoms with van der Waals surface area (Å²) in [6, 6.07) is 0. The van der Waals surface area contributed by atoms with Gasteiger partial charge >= 0.3 is 0 Å².